The molecule has 0 aliphatic heterocycles. The minimum atomic E-state index is -3.09. The molecule has 0 radical (unpaired) electrons. The Morgan fingerprint density at radius 1 is 1.29 bits per heavy atom. The molecule has 5 heteroatoms. The molecular weight excluding hydrogens is 200 g/mol. The van der Waals surface area contributed by atoms with Crippen LogP contribution in [0.5, 0.6) is 0 Å². The number of hydrogen-bond donors (Lipinski definition) is 2. The number of hydrogen-bond acceptors (Lipinski definition) is 3. The third kappa shape index (κ3) is 7.29. The van der Waals surface area contributed by atoms with Crippen LogP contribution in [0.3, 0.4) is 0 Å². The van der Waals surface area contributed by atoms with Crippen molar-refractivity contribution in [1.29, 1.82) is 0 Å². The zero-order chi connectivity index (χ0) is 11.2. The van der Waals surface area contributed by atoms with Crippen molar-refractivity contribution in [3.63, 3.8) is 0 Å². The lowest BCUT2D eigenvalue weighted by Crippen LogP contribution is -2.32. The smallest absolute Gasteiger partial charge is 0.211 e. The average molecular weight is 222 g/mol. The summed E-state index contributed by atoms with van der Waals surface area (Å²) in [5.41, 5.74) is 5.37. The Bertz CT molecular complexity index is 237. The standard InChI is InChI=1S/C9H22N2O2S/c1-8(2)7-14(12,13)11-6-9(3)4-5-10/h8-9,11H,4-7,10H2,1-3H3. The van der Waals surface area contributed by atoms with E-state index in [9.17, 15) is 8.42 Å². The Kier molecular flexibility index (Phi) is 6.31. The fourth-order valence-corrected chi connectivity index (χ4v) is 2.69. The van der Waals surface area contributed by atoms with Crippen LogP contribution in [0.2, 0.25) is 0 Å². The molecule has 0 spiro atoms. The average Bonchev–Trinajstić information content (AvgIpc) is 1.99. The normalized spacial score (nSPS) is 14.6. The SMILES string of the molecule is CC(C)CS(=O)(=O)NCC(C)CCN. The summed E-state index contributed by atoms with van der Waals surface area (Å²) in [5, 5.41) is 0. The fraction of sp³-hybridized carbons (Fsp3) is 1.00. The van der Waals surface area contributed by atoms with Gasteiger partial charge in [0.05, 0.1) is 5.75 Å². The fourth-order valence-electron chi connectivity index (χ4n) is 1.15. The second kappa shape index (κ2) is 6.37. The van der Waals surface area contributed by atoms with Crippen molar-refractivity contribution in [3.05, 3.63) is 0 Å². The third-order valence-electron chi connectivity index (χ3n) is 1.86. The van der Waals surface area contributed by atoms with Gasteiger partial charge in [-0.25, -0.2) is 13.1 Å². The molecule has 0 aliphatic carbocycles. The lowest BCUT2D eigenvalue weighted by molar-refractivity contribution is 0.511. The van der Waals surface area contributed by atoms with Gasteiger partial charge in [-0.05, 0) is 24.8 Å². The summed E-state index contributed by atoms with van der Waals surface area (Å²) in [7, 11) is -3.09. The zero-order valence-corrected chi connectivity index (χ0v) is 10.1. The minimum absolute atomic E-state index is 0.164. The van der Waals surface area contributed by atoms with Gasteiger partial charge in [0.25, 0.3) is 0 Å². The van der Waals surface area contributed by atoms with Crippen molar-refractivity contribution in [3.8, 4) is 0 Å². The first-order chi connectivity index (χ1) is 6.37. The van der Waals surface area contributed by atoms with E-state index in [2.05, 4.69) is 4.72 Å². The first-order valence-corrected chi connectivity index (χ1v) is 6.70. The topological polar surface area (TPSA) is 72.2 Å². The predicted octanol–water partition coefficient (Wildman–Crippen LogP) is 0.547. The molecule has 0 saturated carbocycles. The number of sulfonamides is 1. The van der Waals surface area contributed by atoms with Crippen LogP contribution in [-0.4, -0.2) is 27.3 Å². The maximum absolute atomic E-state index is 11.4. The summed E-state index contributed by atoms with van der Waals surface area (Å²) in [6.45, 7) is 6.87. The summed E-state index contributed by atoms with van der Waals surface area (Å²) in [6, 6.07) is 0. The van der Waals surface area contributed by atoms with Crippen molar-refractivity contribution in [1.82, 2.24) is 4.72 Å². The summed E-state index contributed by atoms with van der Waals surface area (Å²) < 4.78 is 25.4. The summed E-state index contributed by atoms with van der Waals surface area (Å²) >= 11 is 0. The molecule has 4 nitrogen and oxygen atoms in total. The Morgan fingerprint density at radius 2 is 1.86 bits per heavy atom. The van der Waals surface area contributed by atoms with Crippen LogP contribution >= 0.6 is 0 Å². The molecule has 3 N–H and O–H groups in total. The molecule has 14 heavy (non-hydrogen) atoms. The Balaban J connectivity index is 3.87. The largest absolute Gasteiger partial charge is 0.330 e. The van der Waals surface area contributed by atoms with E-state index in [1.807, 2.05) is 20.8 Å². The van der Waals surface area contributed by atoms with Crippen LogP contribution in [0.25, 0.3) is 0 Å². The quantitative estimate of drug-likeness (QED) is 0.660. The van der Waals surface area contributed by atoms with Crippen molar-refractivity contribution < 1.29 is 8.42 Å². The van der Waals surface area contributed by atoms with E-state index in [0.29, 0.717) is 19.0 Å². The Hall–Kier alpha value is -0.130. The van der Waals surface area contributed by atoms with Gasteiger partial charge in [-0.15, -0.1) is 0 Å². The van der Waals surface area contributed by atoms with Crippen LogP contribution < -0.4 is 10.5 Å². The van der Waals surface area contributed by atoms with E-state index < -0.39 is 10.0 Å². The molecule has 0 heterocycles. The number of nitrogens with one attached hydrogen (secondary N) is 1. The molecule has 0 aromatic carbocycles. The second-order valence-electron chi connectivity index (χ2n) is 4.21. The highest BCUT2D eigenvalue weighted by molar-refractivity contribution is 7.89. The summed E-state index contributed by atoms with van der Waals surface area (Å²) in [4.78, 5) is 0. The third-order valence-corrected chi connectivity index (χ3v) is 3.58. The monoisotopic (exact) mass is 222 g/mol. The Labute approximate surface area is 87.3 Å². The van der Waals surface area contributed by atoms with Gasteiger partial charge >= 0.3 is 0 Å². The minimum Gasteiger partial charge on any atom is -0.330 e. The van der Waals surface area contributed by atoms with E-state index in [-0.39, 0.29) is 11.7 Å². The van der Waals surface area contributed by atoms with Crippen LogP contribution in [0, 0.1) is 11.8 Å². The van der Waals surface area contributed by atoms with Crippen molar-refractivity contribution in [2.24, 2.45) is 17.6 Å². The van der Waals surface area contributed by atoms with Crippen molar-refractivity contribution >= 4 is 10.0 Å². The van der Waals surface area contributed by atoms with Crippen molar-refractivity contribution in [2.45, 2.75) is 27.2 Å². The van der Waals surface area contributed by atoms with Crippen LogP contribution in [0.1, 0.15) is 27.2 Å². The summed E-state index contributed by atoms with van der Waals surface area (Å²) in [6.07, 6.45) is 0.851. The highest BCUT2D eigenvalue weighted by atomic mass is 32.2. The maximum atomic E-state index is 11.4. The predicted molar refractivity (Wildman–Crippen MR) is 59.5 cm³/mol. The van der Waals surface area contributed by atoms with Gasteiger partial charge in [0.2, 0.25) is 10.0 Å². The highest BCUT2D eigenvalue weighted by Crippen LogP contribution is 2.01. The van der Waals surface area contributed by atoms with Gasteiger partial charge in [0, 0.05) is 6.54 Å². The zero-order valence-electron chi connectivity index (χ0n) is 9.29. The molecule has 0 aromatic rings. The molecule has 1 atom stereocenters. The summed E-state index contributed by atoms with van der Waals surface area (Å²) in [5.74, 6) is 0.668. The van der Waals surface area contributed by atoms with Crippen LogP contribution in [-0.2, 0) is 10.0 Å². The number of nitrogens with two attached hydrogens (primary N) is 1. The van der Waals surface area contributed by atoms with Gasteiger partial charge in [0.15, 0.2) is 0 Å². The molecule has 0 fully saturated rings. The van der Waals surface area contributed by atoms with E-state index in [1.54, 1.807) is 0 Å². The molecular formula is C9H22N2O2S. The van der Waals surface area contributed by atoms with Gasteiger partial charge in [-0.3, -0.25) is 0 Å². The van der Waals surface area contributed by atoms with Crippen LogP contribution in [0.4, 0.5) is 0 Å². The Morgan fingerprint density at radius 3 is 2.29 bits per heavy atom. The second-order valence-corrected chi connectivity index (χ2v) is 6.06. The van der Waals surface area contributed by atoms with E-state index in [1.165, 1.54) is 0 Å². The molecule has 0 bridgehead atoms. The molecule has 86 valence electrons. The highest BCUT2D eigenvalue weighted by Gasteiger charge is 2.13. The molecule has 0 amide bonds. The first kappa shape index (κ1) is 13.9. The molecule has 0 aromatic heterocycles. The van der Waals surface area contributed by atoms with Gasteiger partial charge in [-0.1, -0.05) is 20.8 Å². The lowest BCUT2D eigenvalue weighted by atomic mass is 10.1. The van der Waals surface area contributed by atoms with E-state index >= 15 is 0 Å². The van der Waals surface area contributed by atoms with E-state index in [0.717, 1.165) is 6.42 Å². The molecule has 0 saturated heterocycles. The van der Waals surface area contributed by atoms with E-state index in [4.69, 9.17) is 5.73 Å². The van der Waals surface area contributed by atoms with Crippen molar-refractivity contribution in [2.75, 3.05) is 18.8 Å². The van der Waals surface area contributed by atoms with Gasteiger partial charge in [-0.2, -0.15) is 0 Å². The van der Waals surface area contributed by atoms with Gasteiger partial charge < -0.3 is 5.73 Å². The molecule has 1 unspecified atom stereocenters. The first-order valence-electron chi connectivity index (χ1n) is 5.04. The molecule has 0 aliphatic rings. The number of rotatable bonds is 7. The van der Waals surface area contributed by atoms with Gasteiger partial charge in [0.1, 0.15) is 0 Å². The van der Waals surface area contributed by atoms with Crippen LogP contribution in [0.15, 0.2) is 0 Å². The maximum Gasteiger partial charge on any atom is 0.211 e. The molecule has 0 rings (SSSR count). The lowest BCUT2D eigenvalue weighted by Gasteiger charge is -2.12.